The highest BCUT2D eigenvalue weighted by atomic mass is 16.3. The molecule has 0 atom stereocenters. The molecule has 26 heavy (non-hydrogen) atoms. The second-order valence-electron chi connectivity index (χ2n) is 6.26. The predicted molar refractivity (Wildman–Crippen MR) is 113 cm³/mol. The fourth-order valence-electron chi connectivity index (χ4n) is 3.64. The summed E-state index contributed by atoms with van der Waals surface area (Å²) in [4.78, 5) is 0. The molecule has 128 valence electrons. The first-order valence-electron chi connectivity index (χ1n) is 9.22. The molecule has 0 unspecified atom stereocenters. The molecule has 1 heterocycles. The SMILES string of the molecule is CC.Cc1ccc(-c2cccc3c2oc2ccccc23)c2ccccc12. The van der Waals surface area contributed by atoms with Crippen molar-refractivity contribution < 1.29 is 4.42 Å². The van der Waals surface area contributed by atoms with E-state index in [-0.39, 0.29) is 0 Å². The van der Waals surface area contributed by atoms with Gasteiger partial charge < -0.3 is 4.42 Å². The Balaban J connectivity index is 0.000000814. The van der Waals surface area contributed by atoms with Crippen LogP contribution in [0.1, 0.15) is 19.4 Å². The number of hydrogen-bond acceptors (Lipinski definition) is 1. The number of benzene rings is 4. The molecule has 1 aromatic heterocycles. The molecule has 0 saturated heterocycles. The van der Waals surface area contributed by atoms with Crippen LogP contribution in [0.15, 0.2) is 83.3 Å². The number of rotatable bonds is 1. The minimum Gasteiger partial charge on any atom is -0.455 e. The third-order valence-corrected chi connectivity index (χ3v) is 4.84. The Hall–Kier alpha value is -3.06. The van der Waals surface area contributed by atoms with Crippen LogP contribution < -0.4 is 0 Å². The highest BCUT2D eigenvalue weighted by Gasteiger charge is 2.13. The summed E-state index contributed by atoms with van der Waals surface area (Å²) in [5.74, 6) is 0. The Morgan fingerprint density at radius 2 is 1.19 bits per heavy atom. The quantitative estimate of drug-likeness (QED) is 0.304. The van der Waals surface area contributed by atoms with E-state index in [0.717, 1.165) is 16.7 Å². The van der Waals surface area contributed by atoms with Gasteiger partial charge in [0.25, 0.3) is 0 Å². The molecule has 0 aliphatic rings. The molecule has 0 aliphatic carbocycles. The maximum Gasteiger partial charge on any atom is 0.143 e. The normalized spacial score (nSPS) is 10.9. The van der Waals surface area contributed by atoms with Gasteiger partial charge in [-0.1, -0.05) is 86.6 Å². The van der Waals surface area contributed by atoms with Gasteiger partial charge in [-0.25, -0.2) is 0 Å². The third kappa shape index (κ3) is 2.48. The van der Waals surface area contributed by atoms with Crippen molar-refractivity contribution in [2.75, 3.05) is 0 Å². The van der Waals surface area contributed by atoms with Gasteiger partial charge in [0.2, 0.25) is 0 Å². The molecule has 4 aromatic carbocycles. The van der Waals surface area contributed by atoms with E-state index in [1.54, 1.807) is 0 Å². The number of fused-ring (bicyclic) bond motifs is 4. The standard InChI is InChI=1S/C23H16O.C2H6/c1-15-13-14-18(17-8-3-2-7-16(15)17)20-10-6-11-21-19-9-4-5-12-22(19)24-23(20)21;1-2/h2-14H,1H3;1-2H3. The Morgan fingerprint density at radius 3 is 2.00 bits per heavy atom. The second kappa shape index (κ2) is 6.68. The number of aryl methyl sites for hydroxylation is 1. The zero-order chi connectivity index (χ0) is 18.1. The van der Waals surface area contributed by atoms with Gasteiger partial charge >= 0.3 is 0 Å². The van der Waals surface area contributed by atoms with Crippen LogP contribution >= 0.6 is 0 Å². The average Bonchev–Trinajstić information content (AvgIpc) is 3.09. The Morgan fingerprint density at radius 1 is 0.538 bits per heavy atom. The lowest BCUT2D eigenvalue weighted by Crippen LogP contribution is -1.85. The molecular formula is C25H22O. The second-order valence-corrected chi connectivity index (χ2v) is 6.26. The van der Waals surface area contributed by atoms with Crippen molar-refractivity contribution in [1.29, 1.82) is 0 Å². The van der Waals surface area contributed by atoms with Gasteiger partial charge in [-0.05, 0) is 34.9 Å². The van der Waals surface area contributed by atoms with Gasteiger partial charge in [0.05, 0.1) is 0 Å². The van der Waals surface area contributed by atoms with Crippen molar-refractivity contribution in [2.45, 2.75) is 20.8 Å². The lowest BCUT2D eigenvalue weighted by molar-refractivity contribution is 0.670. The van der Waals surface area contributed by atoms with Crippen LogP contribution in [0.5, 0.6) is 0 Å². The number of para-hydroxylation sites is 2. The van der Waals surface area contributed by atoms with E-state index in [2.05, 4.69) is 73.7 Å². The van der Waals surface area contributed by atoms with E-state index >= 15 is 0 Å². The molecule has 0 spiro atoms. The monoisotopic (exact) mass is 338 g/mol. The van der Waals surface area contributed by atoms with E-state index in [1.165, 1.54) is 32.7 Å². The molecule has 0 aliphatic heterocycles. The minimum absolute atomic E-state index is 0.941. The van der Waals surface area contributed by atoms with E-state index in [1.807, 2.05) is 26.0 Å². The zero-order valence-electron chi connectivity index (χ0n) is 15.4. The van der Waals surface area contributed by atoms with E-state index < -0.39 is 0 Å². The summed E-state index contributed by atoms with van der Waals surface area (Å²) >= 11 is 0. The summed E-state index contributed by atoms with van der Waals surface area (Å²) < 4.78 is 6.22. The van der Waals surface area contributed by atoms with Crippen molar-refractivity contribution in [2.24, 2.45) is 0 Å². The van der Waals surface area contributed by atoms with Crippen LogP contribution in [0.2, 0.25) is 0 Å². The Kier molecular flexibility index (Phi) is 4.22. The van der Waals surface area contributed by atoms with Crippen molar-refractivity contribution in [1.82, 2.24) is 0 Å². The molecule has 0 fully saturated rings. The molecule has 0 N–H and O–H groups in total. The Labute approximate surface area is 153 Å². The average molecular weight is 338 g/mol. The lowest BCUT2D eigenvalue weighted by atomic mass is 9.94. The van der Waals surface area contributed by atoms with Gasteiger partial charge in [-0.2, -0.15) is 0 Å². The van der Waals surface area contributed by atoms with Crippen LogP contribution in [0.3, 0.4) is 0 Å². The van der Waals surface area contributed by atoms with Crippen LogP contribution in [-0.2, 0) is 0 Å². The minimum atomic E-state index is 0.941. The third-order valence-electron chi connectivity index (χ3n) is 4.84. The van der Waals surface area contributed by atoms with Crippen LogP contribution in [-0.4, -0.2) is 0 Å². The fourth-order valence-corrected chi connectivity index (χ4v) is 3.64. The molecule has 0 bridgehead atoms. The van der Waals surface area contributed by atoms with Gasteiger partial charge in [0, 0.05) is 16.3 Å². The number of furan rings is 1. The molecule has 5 aromatic rings. The molecule has 0 amide bonds. The van der Waals surface area contributed by atoms with E-state index in [4.69, 9.17) is 4.42 Å². The zero-order valence-corrected chi connectivity index (χ0v) is 15.4. The first-order valence-corrected chi connectivity index (χ1v) is 9.22. The first-order chi connectivity index (χ1) is 12.8. The predicted octanol–water partition coefficient (Wildman–Crippen LogP) is 7.74. The summed E-state index contributed by atoms with van der Waals surface area (Å²) in [6.07, 6.45) is 0. The van der Waals surface area contributed by atoms with Gasteiger partial charge in [0.1, 0.15) is 11.2 Å². The Bertz CT molecular complexity index is 1210. The topological polar surface area (TPSA) is 13.1 Å². The van der Waals surface area contributed by atoms with Gasteiger partial charge in [-0.15, -0.1) is 0 Å². The van der Waals surface area contributed by atoms with Crippen molar-refractivity contribution in [3.05, 3.63) is 84.4 Å². The van der Waals surface area contributed by atoms with Crippen molar-refractivity contribution in [3.63, 3.8) is 0 Å². The van der Waals surface area contributed by atoms with Crippen molar-refractivity contribution in [3.8, 4) is 11.1 Å². The fraction of sp³-hybridized carbons (Fsp3) is 0.120. The van der Waals surface area contributed by atoms with Crippen molar-refractivity contribution >= 4 is 32.7 Å². The van der Waals surface area contributed by atoms with E-state index in [0.29, 0.717) is 0 Å². The lowest BCUT2D eigenvalue weighted by Gasteiger charge is -2.09. The van der Waals surface area contributed by atoms with Crippen LogP contribution in [0, 0.1) is 6.92 Å². The maximum absolute atomic E-state index is 6.22. The maximum atomic E-state index is 6.22. The summed E-state index contributed by atoms with van der Waals surface area (Å²) in [7, 11) is 0. The molecule has 0 radical (unpaired) electrons. The van der Waals surface area contributed by atoms with Gasteiger partial charge in [0.15, 0.2) is 0 Å². The summed E-state index contributed by atoms with van der Waals surface area (Å²) in [5, 5.41) is 4.91. The summed E-state index contributed by atoms with van der Waals surface area (Å²) in [5.41, 5.74) is 5.58. The molecular weight excluding hydrogens is 316 g/mol. The van der Waals surface area contributed by atoms with Crippen LogP contribution in [0.25, 0.3) is 43.8 Å². The summed E-state index contributed by atoms with van der Waals surface area (Å²) in [6.45, 7) is 6.16. The highest BCUT2D eigenvalue weighted by molar-refractivity contribution is 6.12. The molecule has 5 rings (SSSR count). The first kappa shape index (κ1) is 16.4. The highest BCUT2D eigenvalue weighted by Crippen LogP contribution is 2.38. The molecule has 0 saturated carbocycles. The van der Waals surface area contributed by atoms with Crippen LogP contribution in [0.4, 0.5) is 0 Å². The molecule has 1 heteroatoms. The van der Waals surface area contributed by atoms with E-state index in [9.17, 15) is 0 Å². The number of hydrogen-bond donors (Lipinski definition) is 0. The summed E-state index contributed by atoms with van der Waals surface area (Å²) in [6, 6.07) is 27.6. The molecule has 1 nitrogen and oxygen atoms in total. The largest absolute Gasteiger partial charge is 0.455 e. The smallest absolute Gasteiger partial charge is 0.143 e. The van der Waals surface area contributed by atoms with Gasteiger partial charge in [-0.3, -0.25) is 0 Å².